The first kappa shape index (κ1) is 14.5. The molecule has 1 aromatic rings. The van der Waals surface area contributed by atoms with Gasteiger partial charge in [0.1, 0.15) is 0 Å². The summed E-state index contributed by atoms with van der Waals surface area (Å²) < 4.78 is 36.9. The molecule has 1 aromatic carbocycles. The number of rotatable bonds is 3. The SMILES string of the molecule is O=C(NS(=O)(=O)c1ccc2c(c1)CCC2)C1COCCO1. The van der Waals surface area contributed by atoms with Gasteiger partial charge in [-0.1, -0.05) is 6.07 Å². The van der Waals surface area contributed by atoms with E-state index in [1.165, 1.54) is 11.6 Å². The van der Waals surface area contributed by atoms with Crippen molar-refractivity contribution >= 4 is 15.9 Å². The number of hydrogen-bond acceptors (Lipinski definition) is 5. The molecular weight excluding hydrogens is 294 g/mol. The first-order valence-corrected chi connectivity index (χ1v) is 8.42. The zero-order valence-electron chi connectivity index (χ0n) is 11.5. The van der Waals surface area contributed by atoms with E-state index in [0.717, 1.165) is 24.8 Å². The number of carbonyl (C=O) groups is 1. The molecule has 114 valence electrons. The molecule has 1 fully saturated rings. The summed E-state index contributed by atoms with van der Waals surface area (Å²) in [7, 11) is -3.87. The van der Waals surface area contributed by atoms with Crippen LogP contribution in [0, 0.1) is 0 Å². The van der Waals surface area contributed by atoms with Gasteiger partial charge in [0.25, 0.3) is 15.9 Å². The second-order valence-electron chi connectivity index (χ2n) is 5.19. The standard InChI is InChI=1S/C14H17NO5S/c16-14(13-9-19-6-7-20-13)15-21(17,18)12-5-4-10-2-1-3-11(10)8-12/h4-5,8,13H,1-3,6-7,9H2,(H,15,16). The fraction of sp³-hybridized carbons (Fsp3) is 0.500. The maximum atomic E-state index is 12.3. The number of aryl methyl sites for hydroxylation is 2. The quantitative estimate of drug-likeness (QED) is 0.873. The van der Waals surface area contributed by atoms with Gasteiger partial charge in [-0.25, -0.2) is 13.1 Å². The van der Waals surface area contributed by atoms with Crippen molar-refractivity contribution in [3.05, 3.63) is 29.3 Å². The number of fused-ring (bicyclic) bond motifs is 1. The van der Waals surface area contributed by atoms with E-state index in [2.05, 4.69) is 4.72 Å². The topological polar surface area (TPSA) is 81.7 Å². The number of hydrogen-bond donors (Lipinski definition) is 1. The van der Waals surface area contributed by atoms with E-state index in [0.29, 0.717) is 6.61 Å². The van der Waals surface area contributed by atoms with E-state index in [1.54, 1.807) is 6.07 Å². The molecule has 3 rings (SSSR count). The Labute approximate surface area is 123 Å². The Morgan fingerprint density at radius 1 is 1.19 bits per heavy atom. The summed E-state index contributed by atoms with van der Waals surface area (Å²) in [6.07, 6.45) is 2.03. The highest BCUT2D eigenvalue weighted by Gasteiger charge is 2.28. The highest BCUT2D eigenvalue weighted by Crippen LogP contribution is 2.24. The fourth-order valence-corrected chi connectivity index (χ4v) is 3.67. The number of sulfonamides is 1. The van der Waals surface area contributed by atoms with Crippen molar-refractivity contribution in [3.63, 3.8) is 0 Å². The summed E-state index contributed by atoms with van der Waals surface area (Å²) >= 11 is 0. The second-order valence-corrected chi connectivity index (χ2v) is 6.87. The molecule has 0 radical (unpaired) electrons. The molecule has 1 saturated heterocycles. The van der Waals surface area contributed by atoms with Crippen LogP contribution in [0.2, 0.25) is 0 Å². The minimum atomic E-state index is -3.87. The lowest BCUT2D eigenvalue weighted by Crippen LogP contribution is -2.44. The third kappa shape index (κ3) is 3.09. The van der Waals surface area contributed by atoms with E-state index < -0.39 is 22.0 Å². The minimum absolute atomic E-state index is 0.0749. The van der Waals surface area contributed by atoms with Gasteiger partial charge >= 0.3 is 0 Å². The molecule has 6 nitrogen and oxygen atoms in total. The zero-order valence-corrected chi connectivity index (χ0v) is 12.3. The van der Waals surface area contributed by atoms with Gasteiger partial charge in [-0.2, -0.15) is 0 Å². The van der Waals surface area contributed by atoms with Crippen LogP contribution in [-0.4, -0.2) is 40.2 Å². The molecule has 1 N–H and O–H groups in total. The highest BCUT2D eigenvalue weighted by atomic mass is 32.2. The molecule has 0 aromatic heterocycles. The van der Waals surface area contributed by atoms with E-state index in [9.17, 15) is 13.2 Å². The predicted molar refractivity (Wildman–Crippen MR) is 74.4 cm³/mol. The molecule has 1 heterocycles. The number of amides is 1. The molecule has 1 atom stereocenters. The fourth-order valence-electron chi connectivity index (χ4n) is 2.61. The molecule has 1 aliphatic carbocycles. The van der Waals surface area contributed by atoms with Crippen LogP contribution in [0.15, 0.2) is 23.1 Å². The van der Waals surface area contributed by atoms with Crippen molar-refractivity contribution in [3.8, 4) is 0 Å². The molecule has 1 unspecified atom stereocenters. The Morgan fingerprint density at radius 3 is 2.76 bits per heavy atom. The van der Waals surface area contributed by atoms with E-state index in [1.807, 2.05) is 6.07 Å². The summed E-state index contributed by atoms with van der Waals surface area (Å²) in [5.41, 5.74) is 2.23. The van der Waals surface area contributed by atoms with Crippen molar-refractivity contribution in [2.75, 3.05) is 19.8 Å². The smallest absolute Gasteiger partial charge is 0.265 e. The van der Waals surface area contributed by atoms with Gasteiger partial charge in [0.05, 0.1) is 24.7 Å². The van der Waals surface area contributed by atoms with Crippen molar-refractivity contribution in [1.82, 2.24) is 4.72 Å². The third-order valence-electron chi connectivity index (χ3n) is 3.72. The van der Waals surface area contributed by atoms with Crippen LogP contribution < -0.4 is 4.72 Å². The van der Waals surface area contributed by atoms with Crippen molar-refractivity contribution < 1.29 is 22.7 Å². The molecule has 21 heavy (non-hydrogen) atoms. The van der Waals surface area contributed by atoms with Crippen LogP contribution in [0.25, 0.3) is 0 Å². The Balaban J connectivity index is 1.75. The van der Waals surface area contributed by atoms with Crippen LogP contribution >= 0.6 is 0 Å². The molecule has 0 bridgehead atoms. The van der Waals surface area contributed by atoms with Crippen molar-refractivity contribution in [2.24, 2.45) is 0 Å². The van der Waals surface area contributed by atoms with Crippen LogP contribution in [0.3, 0.4) is 0 Å². The van der Waals surface area contributed by atoms with Gasteiger partial charge < -0.3 is 9.47 Å². The van der Waals surface area contributed by atoms with Gasteiger partial charge in [-0.3, -0.25) is 4.79 Å². The Kier molecular flexibility index (Phi) is 3.97. The number of benzene rings is 1. The maximum absolute atomic E-state index is 12.3. The van der Waals surface area contributed by atoms with E-state index in [-0.39, 0.29) is 18.1 Å². The Morgan fingerprint density at radius 2 is 2.00 bits per heavy atom. The molecular formula is C14H17NO5S. The van der Waals surface area contributed by atoms with Crippen LogP contribution in [0.4, 0.5) is 0 Å². The summed E-state index contributed by atoms with van der Waals surface area (Å²) in [5, 5.41) is 0. The third-order valence-corrected chi connectivity index (χ3v) is 5.07. The van der Waals surface area contributed by atoms with Gasteiger partial charge in [0.2, 0.25) is 0 Å². The predicted octanol–water partition coefficient (Wildman–Crippen LogP) is 0.396. The average molecular weight is 311 g/mol. The normalized spacial score (nSPS) is 21.8. The lowest BCUT2D eigenvalue weighted by atomic mass is 10.1. The second kappa shape index (κ2) is 5.75. The Bertz CT molecular complexity index is 649. The summed E-state index contributed by atoms with van der Waals surface area (Å²) in [4.78, 5) is 12.0. The lowest BCUT2D eigenvalue weighted by Gasteiger charge is -2.22. The Hall–Kier alpha value is -1.44. The first-order chi connectivity index (χ1) is 10.1. The average Bonchev–Trinajstić information content (AvgIpc) is 2.95. The van der Waals surface area contributed by atoms with Gasteiger partial charge in [-0.15, -0.1) is 0 Å². The summed E-state index contributed by atoms with van der Waals surface area (Å²) in [6, 6.07) is 5.01. The number of carbonyl (C=O) groups excluding carboxylic acids is 1. The lowest BCUT2D eigenvalue weighted by molar-refractivity contribution is -0.145. The first-order valence-electron chi connectivity index (χ1n) is 6.94. The van der Waals surface area contributed by atoms with Crippen molar-refractivity contribution in [1.29, 1.82) is 0 Å². The minimum Gasteiger partial charge on any atom is -0.376 e. The summed E-state index contributed by atoms with van der Waals surface area (Å²) in [5.74, 6) is -0.685. The molecule has 2 aliphatic rings. The zero-order chi connectivity index (χ0) is 14.9. The largest absolute Gasteiger partial charge is 0.376 e. The van der Waals surface area contributed by atoms with Crippen LogP contribution in [0.5, 0.6) is 0 Å². The van der Waals surface area contributed by atoms with Crippen LogP contribution in [-0.2, 0) is 37.1 Å². The molecule has 1 aliphatic heterocycles. The summed E-state index contributed by atoms with van der Waals surface area (Å²) in [6.45, 7) is 0.782. The van der Waals surface area contributed by atoms with Crippen molar-refractivity contribution in [2.45, 2.75) is 30.3 Å². The molecule has 1 amide bonds. The molecule has 7 heteroatoms. The van der Waals surface area contributed by atoms with Gasteiger partial charge in [0, 0.05) is 0 Å². The maximum Gasteiger partial charge on any atom is 0.265 e. The van der Waals surface area contributed by atoms with Gasteiger partial charge in [0.15, 0.2) is 6.10 Å². The number of nitrogens with one attached hydrogen (secondary N) is 1. The van der Waals surface area contributed by atoms with Crippen LogP contribution in [0.1, 0.15) is 17.5 Å². The van der Waals surface area contributed by atoms with E-state index in [4.69, 9.17) is 9.47 Å². The monoisotopic (exact) mass is 311 g/mol. The molecule has 0 spiro atoms. The van der Waals surface area contributed by atoms with E-state index >= 15 is 0 Å². The highest BCUT2D eigenvalue weighted by molar-refractivity contribution is 7.90. The van der Waals surface area contributed by atoms with Gasteiger partial charge in [-0.05, 0) is 42.5 Å². The number of ether oxygens (including phenoxy) is 2. The molecule has 0 saturated carbocycles.